The summed E-state index contributed by atoms with van der Waals surface area (Å²) in [5, 5.41) is 4.45. The number of aromatic amines is 1. The van der Waals surface area contributed by atoms with Gasteiger partial charge in [-0.15, -0.1) is 11.8 Å². The van der Waals surface area contributed by atoms with Gasteiger partial charge in [-0.2, -0.15) is 0 Å². The van der Waals surface area contributed by atoms with Gasteiger partial charge in [-0.25, -0.2) is 4.98 Å². The van der Waals surface area contributed by atoms with E-state index in [1.165, 1.54) is 16.0 Å². The molecular weight excluding hydrogens is 396 g/mol. The molecular formula is C23H24N4S2. The highest BCUT2D eigenvalue weighted by Gasteiger charge is 2.09. The first kappa shape index (κ1) is 20.0. The standard InChI is InChI=1S/C23H24N4S2/c1-17-21(16-29-23-26-19-9-5-6-10-20(19)27-23)25-12-11-22(17)28-14-13-24-15-18-7-3-2-4-8-18/h2-12,24H,13-16H2,1H3,(H,26,27). The van der Waals surface area contributed by atoms with Gasteiger partial charge in [0.15, 0.2) is 5.16 Å². The second-order valence-electron chi connectivity index (χ2n) is 6.74. The molecule has 0 saturated heterocycles. The summed E-state index contributed by atoms with van der Waals surface area (Å²) in [6, 6.07) is 20.8. The van der Waals surface area contributed by atoms with Gasteiger partial charge >= 0.3 is 0 Å². The number of imidazole rings is 1. The van der Waals surface area contributed by atoms with Crippen LogP contribution in [0.2, 0.25) is 0 Å². The van der Waals surface area contributed by atoms with Crippen molar-refractivity contribution in [2.45, 2.75) is 29.3 Å². The summed E-state index contributed by atoms with van der Waals surface area (Å²) in [5.41, 5.74) is 5.79. The monoisotopic (exact) mass is 420 g/mol. The van der Waals surface area contributed by atoms with Crippen molar-refractivity contribution in [3.8, 4) is 0 Å². The fourth-order valence-electron chi connectivity index (χ4n) is 3.06. The van der Waals surface area contributed by atoms with Crippen LogP contribution in [-0.2, 0) is 12.3 Å². The van der Waals surface area contributed by atoms with Gasteiger partial charge < -0.3 is 10.3 Å². The number of nitrogens with one attached hydrogen (secondary N) is 2. The summed E-state index contributed by atoms with van der Waals surface area (Å²) in [4.78, 5) is 13.9. The van der Waals surface area contributed by atoms with Crippen LogP contribution in [0.25, 0.3) is 11.0 Å². The Hall–Kier alpha value is -2.28. The van der Waals surface area contributed by atoms with Gasteiger partial charge in [0.25, 0.3) is 0 Å². The second kappa shape index (κ2) is 9.96. The van der Waals surface area contributed by atoms with Crippen LogP contribution in [-0.4, -0.2) is 27.2 Å². The minimum atomic E-state index is 0.812. The topological polar surface area (TPSA) is 53.6 Å². The fourth-order valence-corrected chi connectivity index (χ4v) is 4.92. The number of nitrogens with zero attached hydrogens (tertiary/aromatic N) is 2. The SMILES string of the molecule is Cc1c(SCCNCc2ccccc2)ccnc1CSc1nc2ccccc2[nH]1. The number of hydrogen-bond acceptors (Lipinski definition) is 5. The van der Waals surface area contributed by atoms with Crippen LogP contribution in [0.3, 0.4) is 0 Å². The largest absolute Gasteiger partial charge is 0.333 e. The average molecular weight is 421 g/mol. The predicted octanol–water partition coefficient (Wildman–Crippen LogP) is 5.44. The molecule has 0 amide bonds. The molecule has 0 bridgehead atoms. The van der Waals surface area contributed by atoms with Crippen molar-refractivity contribution in [2.75, 3.05) is 12.3 Å². The van der Waals surface area contributed by atoms with Crippen LogP contribution in [0.5, 0.6) is 0 Å². The Morgan fingerprint density at radius 1 is 0.966 bits per heavy atom. The highest BCUT2D eigenvalue weighted by molar-refractivity contribution is 7.99. The molecule has 2 heterocycles. The van der Waals surface area contributed by atoms with Crippen LogP contribution in [0.15, 0.2) is 76.9 Å². The zero-order valence-electron chi connectivity index (χ0n) is 16.4. The van der Waals surface area contributed by atoms with E-state index in [0.717, 1.165) is 46.5 Å². The van der Waals surface area contributed by atoms with Crippen molar-refractivity contribution >= 4 is 34.6 Å². The Bertz CT molecular complexity index is 1030. The van der Waals surface area contributed by atoms with E-state index >= 15 is 0 Å². The minimum Gasteiger partial charge on any atom is -0.333 e. The number of thioether (sulfide) groups is 2. The van der Waals surface area contributed by atoms with Gasteiger partial charge in [0.2, 0.25) is 0 Å². The second-order valence-corrected chi connectivity index (χ2v) is 8.84. The van der Waals surface area contributed by atoms with Crippen LogP contribution < -0.4 is 5.32 Å². The number of benzene rings is 2. The van der Waals surface area contributed by atoms with Crippen molar-refractivity contribution in [1.29, 1.82) is 0 Å². The smallest absolute Gasteiger partial charge is 0.166 e. The van der Waals surface area contributed by atoms with Gasteiger partial charge in [-0.1, -0.05) is 54.2 Å². The molecule has 0 atom stereocenters. The Morgan fingerprint density at radius 3 is 2.66 bits per heavy atom. The summed E-state index contributed by atoms with van der Waals surface area (Å²) < 4.78 is 0. The van der Waals surface area contributed by atoms with E-state index in [4.69, 9.17) is 0 Å². The van der Waals surface area contributed by atoms with Crippen LogP contribution in [0.4, 0.5) is 0 Å². The quantitative estimate of drug-likeness (QED) is 0.279. The molecule has 0 fully saturated rings. The summed E-state index contributed by atoms with van der Waals surface area (Å²) in [7, 11) is 0. The lowest BCUT2D eigenvalue weighted by molar-refractivity contribution is 0.732. The molecule has 0 spiro atoms. The Labute approximate surface area is 179 Å². The Kier molecular flexibility index (Phi) is 6.87. The van der Waals surface area contributed by atoms with E-state index in [0.29, 0.717) is 0 Å². The third-order valence-corrected chi connectivity index (χ3v) is 6.73. The van der Waals surface area contributed by atoms with Crippen molar-refractivity contribution in [3.05, 3.63) is 83.7 Å². The van der Waals surface area contributed by atoms with E-state index in [2.05, 4.69) is 69.7 Å². The Morgan fingerprint density at radius 2 is 1.79 bits per heavy atom. The first-order valence-corrected chi connectivity index (χ1v) is 11.7. The van der Waals surface area contributed by atoms with Crippen molar-refractivity contribution in [3.63, 3.8) is 0 Å². The van der Waals surface area contributed by atoms with Gasteiger partial charge in [-0.05, 0) is 36.2 Å². The lowest BCUT2D eigenvalue weighted by Crippen LogP contribution is -2.16. The van der Waals surface area contributed by atoms with Gasteiger partial charge in [-0.3, -0.25) is 4.98 Å². The third-order valence-electron chi connectivity index (χ3n) is 4.68. The lowest BCUT2D eigenvalue weighted by Gasteiger charge is -2.10. The molecule has 29 heavy (non-hydrogen) atoms. The van der Waals surface area contributed by atoms with E-state index in [-0.39, 0.29) is 0 Å². The molecule has 2 aromatic carbocycles. The molecule has 0 unspecified atom stereocenters. The first-order valence-electron chi connectivity index (χ1n) is 9.69. The Balaban J connectivity index is 1.28. The van der Waals surface area contributed by atoms with Gasteiger partial charge in [0.05, 0.1) is 16.7 Å². The summed E-state index contributed by atoms with van der Waals surface area (Å²) in [5.74, 6) is 1.85. The van der Waals surface area contributed by atoms with E-state index in [1.54, 1.807) is 11.8 Å². The minimum absolute atomic E-state index is 0.812. The van der Waals surface area contributed by atoms with Gasteiger partial charge in [0, 0.05) is 35.7 Å². The molecule has 2 aromatic heterocycles. The molecule has 6 heteroatoms. The lowest BCUT2D eigenvalue weighted by atomic mass is 10.2. The zero-order chi connectivity index (χ0) is 19.9. The van der Waals surface area contributed by atoms with Crippen LogP contribution in [0.1, 0.15) is 16.8 Å². The van der Waals surface area contributed by atoms with E-state index < -0.39 is 0 Å². The molecule has 0 saturated carbocycles. The molecule has 148 valence electrons. The number of para-hydroxylation sites is 2. The number of aromatic nitrogens is 3. The normalized spacial score (nSPS) is 11.2. The molecule has 0 aliphatic carbocycles. The predicted molar refractivity (Wildman–Crippen MR) is 124 cm³/mol. The first-order chi connectivity index (χ1) is 14.3. The molecule has 0 radical (unpaired) electrons. The van der Waals surface area contributed by atoms with Crippen LogP contribution >= 0.6 is 23.5 Å². The summed E-state index contributed by atoms with van der Waals surface area (Å²) >= 11 is 3.59. The third kappa shape index (κ3) is 5.41. The maximum Gasteiger partial charge on any atom is 0.166 e. The maximum absolute atomic E-state index is 4.64. The summed E-state index contributed by atoms with van der Waals surface area (Å²) in [6.45, 7) is 4.06. The zero-order valence-corrected chi connectivity index (χ0v) is 18.0. The number of hydrogen-bond donors (Lipinski definition) is 2. The number of fused-ring (bicyclic) bond motifs is 1. The molecule has 2 N–H and O–H groups in total. The number of rotatable bonds is 9. The van der Waals surface area contributed by atoms with Crippen LogP contribution in [0, 0.1) is 6.92 Å². The van der Waals surface area contributed by atoms with E-state index in [9.17, 15) is 0 Å². The van der Waals surface area contributed by atoms with Gasteiger partial charge in [0.1, 0.15) is 0 Å². The van der Waals surface area contributed by atoms with Crippen molar-refractivity contribution < 1.29 is 0 Å². The number of pyridine rings is 1. The fraction of sp³-hybridized carbons (Fsp3) is 0.217. The molecule has 4 rings (SSSR count). The van der Waals surface area contributed by atoms with Crippen molar-refractivity contribution in [2.24, 2.45) is 0 Å². The maximum atomic E-state index is 4.64. The molecule has 0 aliphatic heterocycles. The van der Waals surface area contributed by atoms with Crippen molar-refractivity contribution in [1.82, 2.24) is 20.3 Å². The molecule has 4 aromatic rings. The average Bonchev–Trinajstić information content (AvgIpc) is 3.17. The highest BCUT2D eigenvalue weighted by atomic mass is 32.2. The summed E-state index contributed by atoms with van der Waals surface area (Å²) in [6.07, 6.45) is 1.92. The highest BCUT2D eigenvalue weighted by Crippen LogP contribution is 2.28. The van der Waals surface area contributed by atoms with E-state index in [1.807, 2.05) is 36.2 Å². The molecule has 0 aliphatic rings. The number of H-pyrrole nitrogens is 1. The molecule has 4 nitrogen and oxygen atoms in total.